The summed E-state index contributed by atoms with van der Waals surface area (Å²) < 4.78 is 7.89. The maximum Gasteiger partial charge on any atom is 0.227 e. The van der Waals surface area contributed by atoms with Gasteiger partial charge in [-0.05, 0) is 55.3 Å². The number of benzene rings is 3. The van der Waals surface area contributed by atoms with Crippen LogP contribution >= 0.6 is 0 Å². The molecule has 0 bridgehead atoms. The Labute approximate surface area is 199 Å². The first-order chi connectivity index (χ1) is 16.5. The van der Waals surface area contributed by atoms with Crippen LogP contribution in [0.4, 0.5) is 5.69 Å². The molecule has 0 aliphatic carbocycles. The molecule has 1 fully saturated rings. The molecular weight excluding hydrogens is 426 g/mol. The first-order valence-corrected chi connectivity index (χ1v) is 11.7. The monoisotopic (exact) mass is 455 g/mol. The van der Waals surface area contributed by atoms with Crippen LogP contribution in [0.15, 0.2) is 72.8 Å². The number of hydrogen-bond acceptors (Lipinski definition) is 4. The topological polar surface area (TPSA) is 67.6 Å². The van der Waals surface area contributed by atoms with Crippen LogP contribution in [-0.2, 0) is 11.3 Å². The molecular formula is C28H29N3O3. The molecule has 6 nitrogen and oxygen atoms in total. The number of carbonyl (C=O) groups is 1. The first kappa shape index (κ1) is 22.2. The molecule has 1 aliphatic heterocycles. The number of aromatic nitrogens is 2. The van der Waals surface area contributed by atoms with Crippen LogP contribution in [0.2, 0.25) is 0 Å². The summed E-state index contributed by atoms with van der Waals surface area (Å²) in [6, 6.07) is 23.7. The van der Waals surface area contributed by atoms with Gasteiger partial charge in [-0.2, -0.15) is 0 Å². The molecule has 1 amide bonds. The Bertz CT molecular complexity index is 1330. The fraction of sp³-hybridized carbons (Fsp3) is 0.286. The number of aliphatic hydroxyl groups excluding tert-OH is 1. The third-order valence-corrected chi connectivity index (χ3v) is 6.41. The average Bonchev–Trinajstić information content (AvgIpc) is 3.39. The Balaban J connectivity index is 1.39. The van der Waals surface area contributed by atoms with Gasteiger partial charge in [-0.15, -0.1) is 0 Å². The van der Waals surface area contributed by atoms with Crippen molar-refractivity contribution in [2.24, 2.45) is 0 Å². The van der Waals surface area contributed by atoms with Crippen molar-refractivity contribution in [3.05, 3.63) is 89.7 Å². The van der Waals surface area contributed by atoms with Gasteiger partial charge in [0.1, 0.15) is 24.3 Å². The Morgan fingerprint density at radius 2 is 1.85 bits per heavy atom. The molecule has 3 aromatic carbocycles. The number of anilines is 1. The van der Waals surface area contributed by atoms with Gasteiger partial charge in [0.25, 0.3) is 0 Å². The third-order valence-electron chi connectivity index (χ3n) is 6.41. The summed E-state index contributed by atoms with van der Waals surface area (Å²) in [5.74, 6) is 1.62. The van der Waals surface area contributed by atoms with Crippen molar-refractivity contribution in [2.45, 2.75) is 38.8 Å². The number of fused-ring (bicyclic) bond motifs is 1. The number of ether oxygens (including phenoxy) is 1. The zero-order valence-corrected chi connectivity index (χ0v) is 19.5. The zero-order chi connectivity index (χ0) is 23.7. The van der Waals surface area contributed by atoms with Gasteiger partial charge in [0, 0.05) is 24.6 Å². The van der Waals surface area contributed by atoms with Gasteiger partial charge >= 0.3 is 0 Å². The second-order valence-corrected chi connectivity index (χ2v) is 9.04. The fourth-order valence-electron chi connectivity index (χ4n) is 4.74. The van der Waals surface area contributed by atoms with Gasteiger partial charge in [-0.25, -0.2) is 4.98 Å². The van der Waals surface area contributed by atoms with Crippen molar-refractivity contribution in [2.75, 3.05) is 18.1 Å². The van der Waals surface area contributed by atoms with Crippen LogP contribution in [0, 0.1) is 13.8 Å². The smallest absolute Gasteiger partial charge is 0.227 e. The maximum atomic E-state index is 13.0. The largest absolute Gasteiger partial charge is 0.491 e. The van der Waals surface area contributed by atoms with Crippen LogP contribution in [0.25, 0.3) is 11.0 Å². The molecule has 2 heterocycles. The van der Waals surface area contributed by atoms with E-state index in [1.54, 1.807) is 0 Å². The summed E-state index contributed by atoms with van der Waals surface area (Å²) in [7, 11) is 0. The Hall–Kier alpha value is -3.64. The van der Waals surface area contributed by atoms with E-state index in [4.69, 9.17) is 9.72 Å². The van der Waals surface area contributed by atoms with Gasteiger partial charge < -0.3 is 19.3 Å². The van der Waals surface area contributed by atoms with E-state index in [0.717, 1.165) is 39.4 Å². The lowest BCUT2D eigenvalue weighted by Crippen LogP contribution is -2.27. The number of carbonyl (C=O) groups excluding carboxylic acids is 1. The molecule has 1 N–H and O–H groups in total. The number of hydrogen-bond donors (Lipinski definition) is 1. The molecule has 4 aromatic rings. The van der Waals surface area contributed by atoms with E-state index in [9.17, 15) is 9.90 Å². The van der Waals surface area contributed by atoms with Gasteiger partial charge in [-0.3, -0.25) is 4.79 Å². The summed E-state index contributed by atoms with van der Waals surface area (Å²) in [5, 5.41) is 10.8. The number of imidazole rings is 1. The molecule has 1 saturated heterocycles. The fourth-order valence-corrected chi connectivity index (χ4v) is 4.74. The van der Waals surface area contributed by atoms with E-state index < -0.39 is 6.10 Å². The van der Waals surface area contributed by atoms with Crippen molar-refractivity contribution >= 4 is 22.6 Å². The number of rotatable bonds is 7. The molecule has 5 rings (SSSR count). The molecule has 0 spiro atoms. The second-order valence-electron chi connectivity index (χ2n) is 9.04. The van der Waals surface area contributed by atoms with Crippen LogP contribution in [0.5, 0.6) is 5.75 Å². The lowest BCUT2D eigenvalue weighted by Gasteiger charge is -2.20. The predicted molar refractivity (Wildman–Crippen MR) is 133 cm³/mol. The number of aryl methyl sites for hydroxylation is 2. The van der Waals surface area contributed by atoms with E-state index in [1.807, 2.05) is 91.5 Å². The van der Waals surface area contributed by atoms with E-state index in [0.29, 0.717) is 19.5 Å². The second kappa shape index (κ2) is 9.31. The lowest BCUT2D eigenvalue weighted by atomic mass is 10.1. The van der Waals surface area contributed by atoms with Gasteiger partial charge in [0.2, 0.25) is 5.91 Å². The summed E-state index contributed by atoms with van der Waals surface area (Å²) >= 11 is 0. The standard InChI is InChI=1S/C28H29N3O3/c1-19-8-7-10-23(14-19)34-18-22(32)17-31-26-13-6-4-11-24(26)29-28(31)21-15-27(33)30(16-21)25-12-5-3-9-20(25)2/h3-14,21-22,32H,15-18H2,1-2H3/t21-,22-/m0/s1. The highest BCUT2D eigenvalue weighted by atomic mass is 16.5. The minimum atomic E-state index is -0.721. The minimum Gasteiger partial charge on any atom is -0.491 e. The summed E-state index contributed by atoms with van der Waals surface area (Å²) in [4.78, 5) is 19.7. The number of para-hydroxylation sites is 3. The van der Waals surface area contributed by atoms with Crippen molar-refractivity contribution < 1.29 is 14.6 Å². The van der Waals surface area contributed by atoms with Crippen molar-refractivity contribution in [3.8, 4) is 5.75 Å². The summed E-state index contributed by atoms with van der Waals surface area (Å²) in [5.41, 5.74) is 4.96. The lowest BCUT2D eigenvalue weighted by molar-refractivity contribution is -0.117. The highest BCUT2D eigenvalue weighted by Crippen LogP contribution is 2.34. The molecule has 0 unspecified atom stereocenters. The number of nitrogens with zero attached hydrogens (tertiary/aromatic N) is 3. The number of amides is 1. The highest BCUT2D eigenvalue weighted by Gasteiger charge is 2.35. The number of aliphatic hydroxyl groups is 1. The zero-order valence-electron chi connectivity index (χ0n) is 19.5. The van der Waals surface area contributed by atoms with E-state index in [2.05, 4.69) is 4.57 Å². The predicted octanol–water partition coefficient (Wildman–Crippen LogP) is 4.61. The Morgan fingerprint density at radius 3 is 2.68 bits per heavy atom. The van der Waals surface area contributed by atoms with Crippen LogP contribution in [0.1, 0.15) is 29.3 Å². The summed E-state index contributed by atoms with van der Waals surface area (Å²) in [6.45, 7) is 5.13. The minimum absolute atomic E-state index is 0.0515. The molecule has 0 radical (unpaired) electrons. The van der Waals surface area contributed by atoms with Crippen LogP contribution < -0.4 is 9.64 Å². The summed E-state index contributed by atoms with van der Waals surface area (Å²) in [6.07, 6.45) is -0.325. The maximum absolute atomic E-state index is 13.0. The van der Waals surface area contributed by atoms with Crippen molar-refractivity contribution in [1.82, 2.24) is 9.55 Å². The van der Waals surface area contributed by atoms with Crippen LogP contribution in [0.3, 0.4) is 0 Å². The van der Waals surface area contributed by atoms with Gasteiger partial charge in [0.05, 0.1) is 17.6 Å². The Kier molecular flexibility index (Phi) is 6.07. The van der Waals surface area contributed by atoms with E-state index in [-0.39, 0.29) is 18.4 Å². The Morgan fingerprint density at radius 1 is 1.06 bits per heavy atom. The van der Waals surface area contributed by atoms with Crippen LogP contribution in [-0.4, -0.2) is 39.8 Å². The molecule has 6 heteroatoms. The molecule has 1 aromatic heterocycles. The molecule has 1 aliphatic rings. The first-order valence-electron chi connectivity index (χ1n) is 11.7. The molecule has 174 valence electrons. The van der Waals surface area contributed by atoms with E-state index in [1.165, 1.54) is 0 Å². The SMILES string of the molecule is Cc1cccc(OC[C@@H](O)Cn2c([C@H]3CC(=O)N(c4ccccc4C)C3)nc3ccccc32)c1. The molecule has 34 heavy (non-hydrogen) atoms. The van der Waals surface area contributed by atoms with Gasteiger partial charge in [-0.1, -0.05) is 42.5 Å². The van der Waals surface area contributed by atoms with E-state index >= 15 is 0 Å². The van der Waals surface area contributed by atoms with Crippen molar-refractivity contribution in [1.29, 1.82) is 0 Å². The average molecular weight is 456 g/mol. The molecule has 0 saturated carbocycles. The van der Waals surface area contributed by atoms with Crippen molar-refractivity contribution in [3.63, 3.8) is 0 Å². The van der Waals surface area contributed by atoms with Gasteiger partial charge in [0.15, 0.2) is 0 Å². The third kappa shape index (κ3) is 4.41. The normalized spacial score (nSPS) is 16.9. The highest BCUT2D eigenvalue weighted by molar-refractivity contribution is 5.97. The molecule has 2 atom stereocenters. The quantitative estimate of drug-likeness (QED) is 0.442.